The van der Waals surface area contributed by atoms with Crippen LogP contribution in [0, 0.1) is 0 Å². The van der Waals surface area contributed by atoms with E-state index in [1.54, 1.807) is 6.20 Å². The summed E-state index contributed by atoms with van der Waals surface area (Å²) in [7, 11) is 0. The van der Waals surface area contributed by atoms with Gasteiger partial charge in [-0.2, -0.15) is 0 Å². The number of thiazole rings is 1. The second kappa shape index (κ2) is 7.79. The summed E-state index contributed by atoms with van der Waals surface area (Å²) >= 11 is 7.30. The van der Waals surface area contributed by atoms with Crippen LogP contribution in [-0.2, 0) is 6.54 Å². The Kier molecular flexibility index (Phi) is 5.51. The highest BCUT2D eigenvalue weighted by Gasteiger charge is 2.17. The number of carbonyl (C=O) groups is 1. The summed E-state index contributed by atoms with van der Waals surface area (Å²) < 4.78 is 0.548. The summed E-state index contributed by atoms with van der Waals surface area (Å²) in [6.45, 7) is 2.40. The molecule has 1 N–H and O–H groups in total. The Morgan fingerprint density at radius 2 is 2.04 bits per heavy atom. The Morgan fingerprint density at radius 1 is 1.26 bits per heavy atom. The largest absolute Gasteiger partial charge is 0.380 e. The number of anilines is 1. The number of halogens is 1. The van der Waals surface area contributed by atoms with Crippen LogP contribution in [0.1, 0.15) is 40.9 Å². The van der Waals surface area contributed by atoms with Crippen molar-refractivity contribution in [1.29, 1.82) is 0 Å². The molecular weight excluding hydrogens is 330 g/mol. The summed E-state index contributed by atoms with van der Waals surface area (Å²) in [6.07, 6.45) is 6.43. The van der Waals surface area contributed by atoms with Crippen LogP contribution in [0.4, 0.5) is 5.69 Å². The van der Waals surface area contributed by atoms with E-state index in [9.17, 15) is 4.79 Å². The molecule has 122 valence electrons. The maximum absolute atomic E-state index is 12.7. The van der Waals surface area contributed by atoms with Crippen LogP contribution in [0.3, 0.4) is 0 Å². The molecule has 1 saturated heterocycles. The average molecular weight is 350 g/mol. The lowest BCUT2D eigenvalue weighted by Crippen LogP contribution is -2.31. The number of hydrogen-bond donors (Lipinski definition) is 1. The van der Waals surface area contributed by atoms with E-state index in [2.05, 4.69) is 10.3 Å². The summed E-state index contributed by atoms with van der Waals surface area (Å²) in [4.78, 5) is 19.7. The fraction of sp³-hybridized carbons (Fsp3) is 0.412. The Bertz CT molecular complexity index is 665. The molecule has 0 bridgehead atoms. The van der Waals surface area contributed by atoms with Gasteiger partial charge in [-0.05, 0) is 31.0 Å². The minimum Gasteiger partial charge on any atom is -0.380 e. The summed E-state index contributed by atoms with van der Waals surface area (Å²) in [5.41, 5.74) is 1.69. The van der Waals surface area contributed by atoms with Gasteiger partial charge in [-0.15, -0.1) is 11.3 Å². The Hall–Kier alpha value is -1.59. The zero-order chi connectivity index (χ0) is 16.1. The molecule has 1 aromatic heterocycles. The maximum Gasteiger partial charge on any atom is 0.253 e. The van der Waals surface area contributed by atoms with Crippen LogP contribution in [0.5, 0.6) is 0 Å². The molecule has 3 rings (SSSR count). The van der Waals surface area contributed by atoms with Crippen LogP contribution in [0.25, 0.3) is 0 Å². The fourth-order valence-electron chi connectivity index (χ4n) is 2.77. The number of likely N-dealkylation sites (tertiary alicyclic amines) is 1. The summed E-state index contributed by atoms with van der Waals surface area (Å²) in [6, 6.07) is 7.72. The Labute approximate surface area is 145 Å². The van der Waals surface area contributed by atoms with Gasteiger partial charge in [0.05, 0.1) is 6.54 Å². The van der Waals surface area contributed by atoms with Crippen molar-refractivity contribution in [1.82, 2.24) is 9.88 Å². The molecule has 2 heterocycles. The van der Waals surface area contributed by atoms with E-state index in [4.69, 9.17) is 11.6 Å². The normalized spacial score (nSPS) is 15.3. The lowest BCUT2D eigenvalue weighted by atomic mass is 10.1. The number of rotatable bonds is 4. The molecule has 0 unspecified atom stereocenters. The van der Waals surface area contributed by atoms with Crippen molar-refractivity contribution in [3.8, 4) is 0 Å². The van der Waals surface area contributed by atoms with E-state index in [0.717, 1.165) is 42.1 Å². The lowest BCUT2D eigenvalue weighted by molar-refractivity contribution is 0.0761. The molecule has 0 atom stereocenters. The molecular formula is C17H20ClN3OS. The topological polar surface area (TPSA) is 45.2 Å². The summed E-state index contributed by atoms with van der Waals surface area (Å²) in [5.74, 6) is 0.136. The first kappa shape index (κ1) is 16.3. The number of hydrogen-bond acceptors (Lipinski definition) is 4. The quantitative estimate of drug-likeness (QED) is 0.888. The second-order valence-corrected chi connectivity index (χ2v) is 7.42. The number of benzene rings is 1. The third kappa shape index (κ3) is 4.45. The second-order valence-electron chi connectivity index (χ2n) is 5.72. The molecule has 0 radical (unpaired) electrons. The standard InChI is InChI=1S/C17H20ClN3OS/c18-17-20-12-15(23-17)11-19-14-7-5-6-13(10-14)16(22)21-8-3-1-2-4-9-21/h5-7,10,12,19H,1-4,8-9,11H2. The van der Waals surface area contributed by atoms with Crippen LogP contribution in [0.15, 0.2) is 30.5 Å². The van der Waals surface area contributed by atoms with Crippen molar-refractivity contribution in [2.24, 2.45) is 0 Å². The highest BCUT2D eigenvalue weighted by atomic mass is 35.5. The predicted octanol–water partition coefficient (Wildman–Crippen LogP) is 4.42. The molecule has 1 aliphatic rings. The lowest BCUT2D eigenvalue weighted by Gasteiger charge is -2.20. The molecule has 2 aromatic rings. The smallest absolute Gasteiger partial charge is 0.253 e. The SMILES string of the molecule is O=C(c1cccc(NCc2cnc(Cl)s2)c1)N1CCCCCC1. The zero-order valence-corrected chi connectivity index (χ0v) is 14.5. The van der Waals surface area contributed by atoms with Crippen molar-refractivity contribution in [2.45, 2.75) is 32.2 Å². The Balaban J connectivity index is 1.65. The van der Waals surface area contributed by atoms with Crippen molar-refractivity contribution in [3.05, 3.63) is 45.4 Å². The number of carbonyl (C=O) groups excluding carboxylic acids is 1. The molecule has 1 fully saturated rings. The van der Waals surface area contributed by atoms with Gasteiger partial charge in [0.1, 0.15) is 0 Å². The molecule has 1 aliphatic heterocycles. The van der Waals surface area contributed by atoms with Gasteiger partial charge in [0.15, 0.2) is 4.47 Å². The highest BCUT2D eigenvalue weighted by Crippen LogP contribution is 2.20. The first-order chi connectivity index (χ1) is 11.2. The number of aromatic nitrogens is 1. The predicted molar refractivity (Wildman–Crippen MR) is 95.3 cm³/mol. The molecule has 4 nitrogen and oxygen atoms in total. The molecule has 6 heteroatoms. The maximum atomic E-state index is 12.7. The van der Waals surface area contributed by atoms with Crippen LogP contribution in [-0.4, -0.2) is 28.9 Å². The molecule has 0 saturated carbocycles. The van der Waals surface area contributed by atoms with Gasteiger partial charge in [0.2, 0.25) is 0 Å². The van der Waals surface area contributed by atoms with Gasteiger partial charge in [0, 0.05) is 35.4 Å². The first-order valence-corrected chi connectivity index (χ1v) is 9.15. The number of amides is 1. The van der Waals surface area contributed by atoms with Gasteiger partial charge >= 0.3 is 0 Å². The highest BCUT2D eigenvalue weighted by molar-refractivity contribution is 7.15. The average Bonchev–Trinajstić information content (AvgIpc) is 2.82. The van der Waals surface area contributed by atoms with Gasteiger partial charge in [-0.1, -0.05) is 30.5 Å². The van der Waals surface area contributed by atoms with E-state index >= 15 is 0 Å². The van der Waals surface area contributed by atoms with E-state index in [0.29, 0.717) is 11.0 Å². The van der Waals surface area contributed by atoms with E-state index < -0.39 is 0 Å². The van der Waals surface area contributed by atoms with Crippen molar-refractivity contribution in [3.63, 3.8) is 0 Å². The minimum absolute atomic E-state index is 0.136. The molecule has 23 heavy (non-hydrogen) atoms. The van der Waals surface area contributed by atoms with E-state index in [1.807, 2.05) is 29.2 Å². The van der Waals surface area contributed by atoms with Gasteiger partial charge in [-0.3, -0.25) is 4.79 Å². The first-order valence-electron chi connectivity index (χ1n) is 7.96. The third-order valence-corrected chi connectivity index (χ3v) is 5.11. The van der Waals surface area contributed by atoms with Gasteiger partial charge < -0.3 is 10.2 Å². The van der Waals surface area contributed by atoms with Gasteiger partial charge in [-0.25, -0.2) is 4.98 Å². The monoisotopic (exact) mass is 349 g/mol. The molecule has 0 spiro atoms. The number of nitrogens with zero attached hydrogens (tertiary/aromatic N) is 2. The van der Waals surface area contributed by atoms with E-state index in [-0.39, 0.29) is 5.91 Å². The van der Waals surface area contributed by atoms with Gasteiger partial charge in [0.25, 0.3) is 5.91 Å². The molecule has 1 aromatic carbocycles. The van der Waals surface area contributed by atoms with E-state index in [1.165, 1.54) is 24.2 Å². The third-order valence-electron chi connectivity index (χ3n) is 3.99. The van der Waals surface area contributed by atoms with Crippen LogP contribution >= 0.6 is 22.9 Å². The Morgan fingerprint density at radius 3 is 2.74 bits per heavy atom. The molecule has 0 aliphatic carbocycles. The fourth-order valence-corrected chi connectivity index (χ4v) is 3.69. The number of nitrogens with one attached hydrogen (secondary N) is 1. The van der Waals surface area contributed by atoms with Crippen molar-refractivity contribution >= 4 is 34.5 Å². The van der Waals surface area contributed by atoms with Crippen LogP contribution < -0.4 is 5.32 Å². The summed E-state index contributed by atoms with van der Waals surface area (Å²) in [5, 5.41) is 3.33. The zero-order valence-electron chi connectivity index (χ0n) is 12.9. The van der Waals surface area contributed by atoms with Crippen molar-refractivity contribution < 1.29 is 4.79 Å². The van der Waals surface area contributed by atoms with Crippen molar-refractivity contribution in [2.75, 3.05) is 18.4 Å². The minimum atomic E-state index is 0.136. The van der Waals surface area contributed by atoms with Crippen LogP contribution in [0.2, 0.25) is 4.47 Å². The molecule has 1 amide bonds.